The molecule has 0 saturated heterocycles. The van der Waals surface area contributed by atoms with Gasteiger partial charge in [-0.25, -0.2) is 8.42 Å². The van der Waals surface area contributed by atoms with Crippen LogP contribution in [0.5, 0.6) is 5.75 Å². The van der Waals surface area contributed by atoms with Crippen molar-refractivity contribution in [3.8, 4) is 5.75 Å². The number of sulfonamides is 1. The summed E-state index contributed by atoms with van der Waals surface area (Å²) in [7, 11) is -2.00. The van der Waals surface area contributed by atoms with Gasteiger partial charge in [-0.15, -0.1) is 0 Å². The Morgan fingerprint density at radius 2 is 1.56 bits per heavy atom. The van der Waals surface area contributed by atoms with Gasteiger partial charge in [0.25, 0.3) is 5.91 Å². The highest BCUT2D eigenvalue weighted by Gasteiger charge is 2.18. The van der Waals surface area contributed by atoms with Crippen LogP contribution in [0.2, 0.25) is 0 Å². The van der Waals surface area contributed by atoms with Gasteiger partial charge < -0.3 is 10.1 Å². The van der Waals surface area contributed by atoms with E-state index in [-0.39, 0.29) is 24.8 Å². The summed E-state index contributed by atoms with van der Waals surface area (Å²) in [5.74, 6) is 0.237. The summed E-state index contributed by atoms with van der Waals surface area (Å²) < 4.78 is 30.4. The Hall–Kier alpha value is -2.87. The lowest BCUT2D eigenvalue weighted by molar-refractivity contribution is 0.0953. The predicted octanol–water partition coefficient (Wildman–Crippen LogP) is 2.09. The molecule has 0 atom stereocenters. The van der Waals surface area contributed by atoms with Gasteiger partial charge in [0.1, 0.15) is 5.75 Å². The number of nitrogens with zero attached hydrogens (tertiary/aromatic N) is 1. The van der Waals surface area contributed by atoms with Gasteiger partial charge in [-0.1, -0.05) is 0 Å². The summed E-state index contributed by atoms with van der Waals surface area (Å²) in [5, 5.41) is 2.70. The smallest absolute Gasteiger partial charge is 0.251 e. The minimum absolute atomic E-state index is 0.0696. The molecule has 0 heterocycles. The Balaban J connectivity index is 2.04. The van der Waals surface area contributed by atoms with Gasteiger partial charge >= 0.3 is 0 Å². The number of rotatable bonds is 8. The van der Waals surface area contributed by atoms with Crippen molar-refractivity contribution in [1.82, 2.24) is 5.32 Å². The summed E-state index contributed by atoms with van der Waals surface area (Å²) in [5.41, 5.74) is 1.38. The molecule has 0 spiro atoms. The molecule has 0 unspecified atom stereocenters. The molecule has 2 aromatic rings. The third-order valence-electron chi connectivity index (χ3n) is 3.91. The van der Waals surface area contributed by atoms with E-state index in [0.29, 0.717) is 22.6 Å². The van der Waals surface area contributed by atoms with Crippen LogP contribution in [0.1, 0.15) is 27.6 Å². The highest BCUT2D eigenvalue weighted by molar-refractivity contribution is 7.92. The average molecular weight is 390 g/mol. The van der Waals surface area contributed by atoms with E-state index in [2.05, 4.69) is 5.32 Å². The predicted molar refractivity (Wildman–Crippen MR) is 104 cm³/mol. The first-order chi connectivity index (χ1) is 12.7. The maximum atomic E-state index is 12.2. The second kappa shape index (κ2) is 8.68. The monoisotopic (exact) mass is 390 g/mol. The van der Waals surface area contributed by atoms with Crippen molar-refractivity contribution in [2.75, 3.05) is 30.8 Å². The molecule has 1 amide bonds. The van der Waals surface area contributed by atoms with Crippen LogP contribution in [0.15, 0.2) is 48.5 Å². The van der Waals surface area contributed by atoms with Crippen LogP contribution < -0.4 is 14.4 Å². The summed E-state index contributed by atoms with van der Waals surface area (Å²) in [4.78, 5) is 23.5. The van der Waals surface area contributed by atoms with Gasteiger partial charge in [-0.3, -0.25) is 13.9 Å². The number of methoxy groups -OCH3 is 1. The fraction of sp³-hybridized carbons (Fsp3) is 0.263. The van der Waals surface area contributed by atoms with Crippen molar-refractivity contribution in [2.45, 2.75) is 6.92 Å². The molecule has 7 nitrogen and oxygen atoms in total. The molecular weight excluding hydrogens is 368 g/mol. The maximum Gasteiger partial charge on any atom is 0.251 e. The Bertz CT molecular complexity index is 906. The summed E-state index contributed by atoms with van der Waals surface area (Å²) in [6.07, 6.45) is 1.09. The van der Waals surface area contributed by atoms with Crippen LogP contribution in [-0.4, -0.2) is 46.6 Å². The standard InChI is InChI=1S/C19H22N2O5S/c1-14(22)15-4-8-17(9-5-15)21(27(3,24)25)13-12-20-19(23)16-6-10-18(26-2)11-7-16/h4-11H,12-13H2,1-3H3,(H,20,23). The Kier molecular flexibility index (Phi) is 6.57. The number of nitrogens with one attached hydrogen (secondary N) is 1. The molecule has 0 fully saturated rings. The van der Waals surface area contributed by atoms with Gasteiger partial charge in [-0.05, 0) is 55.5 Å². The van der Waals surface area contributed by atoms with Crippen LogP contribution in [-0.2, 0) is 10.0 Å². The van der Waals surface area contributed by atoms with E-state index in [4.69, 9.17) is 4.74 Å². The zero-order valence-electron chi connectivity index (χ0n) is 15.4. The number of benzene rings is 2. The number of hydrogen-bond donors (Lipinski definition) is 1. The van der Waals surface area contributed by atoms with E-state index in [1.807, 2.05) is 0 Å². The Morgan fingerprint density at radius 3 is 2.04 bits per heavy atom. The highest BCUT2D eigenvalue weighted by atomic mass is 32.2. The van der Waals surface area contributed by atoms with Gasteiger partial charge in [0, 0.05) is 17.7 Å². The molecule has 144 valence electrons. The molecule has 0 radical (unpaired) electrons. The second-order valence-electron chi connectivity index (χ2n) is 5.92. The largest absolute Gasteiger partial charge is 0.497 e. The normalized spacial score (nSPS) is 10.9. The average Bonchev–Trinajstić information content (AvgIpc) is 2.64. The molecule has 0 aliphatic rings. The van der Waals surface area contributed by atoms with Gasteiger partial charge in [0.15, 0.2) is 5.78 Å². The number of carbonyl (C=O) groups is 2. The van der Waals surface area contributed by atoms with E-state index in [0.717, 1.165) is 6.26 Å². The zero-order valence-corrected chi connectivity index (χ0v) is 16.2. The third-order valence-corrected chi connectivity index (χ3v) is 5.11. The van der Waals surface area contributed by atoms with E-state index >= 15 is 0 Å². The molecule has 2 rings (SSSR count). The fourth-order valence-electron chi connectivity index (χ4n) is 2.46. The van der Waals surface area contributed by atoms with E-state index in [1.54, 1.807) is 48.5 Å². The number of ether oxygens (including phenoxy) is 1. The topological polar surface area (TPSA) is 92.8 Å². The van der Waals surface area contributed by atoms with Crippen molar-refractivity contribution in [1.29, 1.82) is 0 Å². The minimum Gasteiger partial charge on any atom is -0.497 e. The van der Waals surface area contributed by atoms with Gasteiger partial charge in [0.05, 0.1) is 25.6 Å². The van der Waals surface area contributed by atoms with Crippen LogP contribution in [0.4, 0.5) is 5.69 Å². The number of hydrogen-bond acceptors (Lipinski definition) is 5. The number of Topliss-reactive ketones (excluding diaryl/α,β-unsaturated/α-hetero) is 1. The Labute approximate surface area is 159 Å². The van der Waals surface area contributed by atoms with E-state index in [9.17, 15) is 18.0 Å². The zero-order chi connectivity index (χ0) is 20.0. The lowest BCUT2D eigenvalue weighted by Gasteiger charge is -2.22. The number of amides is 1. The molecule has 27 heavy (non-hydrogen) atoms. The maximum absolute atomic E-state index is 12.2. The van der Waals surface area contributed by atoms with Crippen molar-refractivity contribution in [3.05, 3.63) is 59.7 Å². The third kappa shape index (κ3) is 5.55. The van der Waals surface area contributed by atoms with Crippen LogP contribution in [0, 0.1) is 0 Å². The first-order valence-corrected chi connectivity index (χ1v) is 10.1. The fourth-order valence-corrected chi connectivity index (χ4v) is 3.39. The van der Waals surface area contributed by atoms with Crippen molar-refractivity contribution in [2.24, 2.45) is 0 Å². The molecule has 0 bridgehead atoms. The van der Waals surface area contributed by atoms with Crippen molar-refractivity contribution >= 4 is 27.4 Å². The van der Waals surface area contributed by atoms with Crippen LogP contribution in [0.3, 0.4) is 0 Å². The van der Waals surface area contributed by atoms with Crippen LogP contribution in [0.25, 0.3) is 0 Å². The summed E-state index contributed by atoms with van der Waals surface area (Å²) >= 11 is 0. The lowest BCUT2D eigenvalue weighted by atomic mass is 10.1. The van der Waals surface area contributed by atoms with Gasteiger partial charge in [-0.2, -0.15) is 0 Å². The second-order valence-corrected chi connectivity index (χ2v) is 7.83. The molecular formula is C19H22N2O5S. The summed E-state index contributed by atoms with van der Waals surface area (Å²) in [6.45, 7) is 1.64. The molecule has 0 aromatic heterocycles. The SMILES string of the molecule is COc1ccc(C(=O)NCCN(c2ccc(C(C)=O)cc2)S(C)(=O)=O)cc1. The number of carbonyl (C=O) groups excluding carboxylic acids is 2. The molecule has 0 saturated carbocycles. The van der Waals surface area contributed by atoms with E-state index < -0.39 is 10.0 Å². The highest BCUT2D eigenvalue weighted by Crippen LogP contribution is 2.18. The minimum atomic E-state index is -3.54. The first-order valence-electron chi connectivity index (χ1n) is 8.23. The molecule has 1 N–H and O–H groups in total. The van der Waals surface area contributed by atoms with Gasteiger partial charge in [0.2, 0.25) is 10.0 Å². The number of ketones is 1. The van der Waals surface area contributed by atoms with Crippen LogP contribution >= 0.6 is 0 Å². The van der Waals surface area contributed by atoms with E-state index in [1.165, 1.54) is 18.3 Å². The van der Waals surface area contributed by atoms with Crippen molar-refractivity contribution in [3.63, 3.8) is 0 Å². The first kappa shape index (κ1) is 20.4. The quantitative estimate of drug-likeness (QED) is 0.697. The molecule has 0 aliphatic carbocycles. The number of anilines is 1. The van der Waals surface area contributed by atoms with Crippen molar-refractivity contribution < 1.29 is 22.7 Å². The molecule has 8 heteroatoms. The molecule has 2 aromatic carbocycles. The summed E-state index contributed by atoms with van der Waals surface area (Å²) in [6, 6.07) is 12.9. The Morgan fingerprint density at radius 1 is 1.00 bits per heavy atom. The lowest BCUT2D eigenvalue weighted by Crippen LogP contribution is -2.38. The molecule has 0 aliphatic heterocycles.